The van der Waals surface area contributed by atoms with Crippen molar-refractivity contribution in [3.8, 4) is 11.3 Å². The van der Waals surface area contributed by atoms with Crippen LogP contribution < -0.4 is 5.48 Å². The third-order valence-electron chi connectivity index (χ3n) is 3.60. The van der Waals surface area contributed by atoms with Gasteiger partial charge < -0.3 is 4.98 Å². The van der Waals surface area contributed by atoms with Crippen molar-refractivity contribution in [3.05, 3.63) is 83.8 Å². The monoisotopic (exact) mass is 355 g/mol. The lowest BCUT2D eigenvalue weighted by Crippen LogP contribution is -2.14. The average Bonchev–Trinajstić information content (AvgIpc) is 3.10. The van der Waals surface area contributed by atoms with Crippen LogP contribution in [0, 0.1) is 0 Å². The molecule has 3 aromatic rings. The minimum Gasteiger partial charge on any atom is -0.342 e. The predicted octanol–water partition coefficient (Wildman–Crippen LogP) is 3.61. The molecule has 128 valence electrons. The Morgan fingerprint density at radius 3 is 2.52 bits per heavy atom. The van der Waals surface area contributed by atoms with E-state index >= 15 is 0 Å². The highest BCUT2D eigenvalue weighted by molar-refractivity contribution is 5.90. The molecular weight excluding hydrogens is 338 g/mol. The van der Waals surface area contributed by atoms with Crippen LogP contribution in [0.2, 0.25) is 0 Å². The zero-order valence-corrected chi connectivity index (χ0v) is 14.2. The second-order valence-corrected chi connectivity index (χ2v) is 5.34. The minimum atomic E-state index is -0.553. The van der Waals surface area contributed by atoms with Gasteiger partial charge in [0.05, 0.1) is 11.9 Å². The van der Waals surface area contributed by atoms with Gasteiger partial charge in [-0.15, -0.1) is 12.4 Å². The van der Waals surface area contributed by atoms with Crippen molar-refractivity contribution in [1.29, 1.82) is 0 Å². The second-order valence-electron chi connectivity index (χ2n) is 5.34. The van der Waals surface area contributed by atoms with Gasteiger partial charge in [-0.25, -0.2) is 10.5 Å². The molecule has 0 bridgehead atoms. The van der Waals surface area contributed by atoms with Gasteiger partial charge in [0, 0.05) is 12.5 Å². The maximum Gasteiger partial charge on any atom is 0.267 e. The van der Waals surface area contributed by atoms with Crippen LogP contribution in [0.3, 0.4) is 0 Å². The van der Waals surface area contributed by atoms with Crippen molar-refractivity contribution >= 4 is 24.4 Å². The van der Waals surface area contributed by atoms with E-state index in [2.05, 4.69) is 9.97 Å². The molecular formula is C19H18ClN3O2. The number of carbonyl (C=O) groups excluding carboxylic acids is 1. The maximum atomic E-state index is 11.0. The van der Waals surface area contributed by atoms with E-state index in [1.54, 1.807) is 11.6 Å². The standard InChI is InChI=1S/C19H17N3O2.ClH/c23-19(22-24)11-10-14-6-8-15(9-7-14)12-18-20-13-17(21-18)16-4-2-1-3-5-16;/h1-11,13,24H,12H2,(H,20,21)(H,22,23);1H/b11-10+;. The molecule has 6 heteroatoms. The molecule has 2 aromatic carbocycles. The van der Waals surface area contributed by atoms with Crippen LogP contribution in [0.4, 0.5) is 0 Å². The van der Waals surface area contributed by atoms with Gasteiger partial charge in [0.1, 0.15) is 5.82 Å². The van der Waals surface area contributed by atoms with Gasteiger partial charge >= 0.3 is 0 Å². The molecule has 0 atom stereocenters. The zero-order chi connectivity index (χ0) is 16.8. The summed E-state index contributed by atoms with van der Waals surface area (Å²) in [6.07, 6.45) is 5.45. The Hall–Kier alpha value is -2.89. The summed E-state index contributed by atoms with van der Waals surface area (Å²) in [5.41, 5.74) is 5.67. The number of rotatable bonds is 5. The van der Waals surface area contributed by atoms with E-state index in [-0.39, 0.29) is 12.4 Å². The molecule has 3 N–H and O–H groups in total. The van der Waals surface area contributed by atoms with Crippen LogP contribution in [0.15, 0.2) is 66.9 Å². The summed E-state index contributed by atoms with van der Waals surface area (Å²) in [7, 11) is 0. The summed E-state index contributed by atoms with van der Waals surface area (Å²) < 4.78 is 0. The van der Waals surface area contributed by atoms with Gasteiger partial charge in [-0.05, 0) is 22.8 Å². The van der Waals surface area contributed by atoms with Crippen LogP contribution in [0.25, 0.3) is 17.3 Å². The highest BCUT2D eigenvalue weighted by Crippen LogP contribution is 2.17. The first-order valence-corrected chi connectivity index (χ1v) is 7.55. The number of aromatic amines is 1. The molecule has 5 nitrogen and oxygen atoms in total. The number of hydroxylamine groups is 1. The van der Waals surface area contributed by atoms with Crippen LogP contribution in [-0.2, 0) is 11.2 Å². The van der Waals surface area contributed by atoms with Gasteiger partial charge in [-0.2, -0.15) is 0 Å². The van der Waals surface area contributed by atoms with Crippen LogP contribution >= 0.6 is 12.4 Å². The molecule has 0 aliphatic carbocycles. The molecule has 0 aliphatic heterocycles. The van der Waals surface area contributed by atoms with Gasteiger partial charge in [0.2, 0.25) is 0 Å². The van der Waals surface area contributed by atoms with E-state index in [1.165, 1.54) is 6.08 Å². The van der Waals surface area contributed by atoms with Gasteiger partial charge in [0.25, 0.3) is 5.91 Å². The molecule has 1 amide bonds. The van der Waals surface area contributed by atoms with Crippen molar-refractivity contribution in [1.82, 2.24) is 15.4 Å². The quantitative estimate of drug-likeness (QED) is 0.371. The van der Waals surface area contributed by atoms with Crippen molar-refractivity contribution in [3.63, 3.8) is 0 Å². The molecule has 3 rings (SSSR count). The number of benzene rings is 2. The van der Waals surface area contributed by atoms with Crippen molar-refractivity contribution in [2.75, 3.05) is 0 Å². The molecule has 0 aliphatic rings. The number of halogens is 1. The largest absolute Gasteiger partial charge is 0.342 e. The highest BCUT2D eigenvalue weighted by Gasteiger charge is 2.04. The Balaban J connectivity index is 0.00000225. The van der Waals surface area contributed by atoms with E-state index in [0.29, 0.717) is 6.42 Å². The topological polar surface area (TPSA) is 78.0 Å². The van der Waals surface area contributed by atoms with Crippen molar-refractivity contribution in [2.24, 2.45) is 0 Å². The first-order valence-electron chi connectivity index (χ1n) is 7.55. The molecule has 0 fully saturated rings. The summed E-state index contributed by atoms with van der Waals surface area (Å²) >= 11 is 0. The van der Waals surface area contributed by atoms with Crippen molar-refractivity contribution in [2.45, 2.75) is 6.42 Å². The minimum absolute atomic E-state index is 0. The molecule has 25 heavy (non-hydrogen) atoms. The van der Waals surface area contributed by atoms with Crippen LogP contribution in [-0.4, -0.2) is 21.1 Å². The molecule has 0 spiro atoms. The van der Waals surface area contributed by atoms with Gasteiger partial charge in [-0.3, -0.25) is 10.0 Å². The fourth-order valence-electron chi connectivity index (χ4n) is 2.37. The highest BCUT2D eigenvalue weighted by atomic mass is 35.5. The van der Waals surface area contributed by atoms with E-state index in [9.17, 15) is 4.79 Å². The molecule has 1 aromatic heterocycles. The SMILES string of the molecule is Cl.O=C(/C=C/c1ccc(Cc2ncc(-c3ccccc3)[nH]2)cc1)NO. The fourth-order valence-corrected chi connectivity index (χ4v) is 2.37. The Morgan fingerprint density at radius 2 is 1.84 bits per heavy atom. The van der Waals surface area contributed by atoms with Gasteiger partial charge in [-0.1, -0.05) is 54.6 Å². The normalized spacial score (nSPS) is 10.4. The van der Waals surface area contributed by atoms with E-state index < -0.39 is 5.91 Å². The Morgan fingerprint density at radius 1 is 1.12 bits per heavy atom. The number of imidazole rings is 1. The number of H-pyrrole nitrogens is 1. The summed E-state index contributed by atoms with van der Waals surface area (Å²) in [5.74, 6) is 0.347. The lowest BCUT2D eigenvalue weighted by molar-refractivity contribution is -0.124. The molecule has 1 heterocycles. The molecule has 0 unspecified atom stereocenters. The third-order valence-corrected chi connectivity index (χ3v) is 3.60. The second kappa shape index (κ2) is 8.82. The fraction of sp³-hybridized carbons (Fsp3) is 0.0526. The van der Waals surface area contributed by atoms with E-state index in [1.807, 2.05) is 60.8 Å². The first-order chi connectivity index (χ1) is 11.7. The number of nitrogens with zero attached hydrogens (tertiary/aromatic N) is 1. The zero-order valence-electron chi connectivity index (χ0n) is 13.3. The smallest absolute Gasteiger partial charge is 0.267 e. The summed E-state index contributed by atoms with van der Waals surface area (Å²) in [5, 5.41) is 8.44. The number of hydrogen-bond acceptors (Lipinski definition) is 3. The molecule has 0 radical (unpaired) electrons. The Bertz CT molecular complexity index is 843. The van der Waals surface area contributed by atoms with Crippen LogP contribution in [0.1, 0.15) is 17.0 Å². The maximum absolute atomic E-state index is 11.0. The average molecular weight is 356 g/mol. The number of nitrogens with one attached hydrogen (secondary N) is 2. The van der Waals surface area contributed by atoms with Gasteiger partial charge in [0.15, 0.2) is 0 Å². The van der Waals surface area contributed by atoms with E-state index in [0.717, 1.165) is 28.2 Å². The first kappa shape index (κ1) is 18.4. The molecule has 0 saturated carbocycles. The van der Waals surface area contributed by atoms with Crippen LogP contribution in [0.5, 0.6) is 0 Å². The Kier molecular flexibility index (Phi) is 6.51. The van der Waals surface area contributed by atoms with E-state index in [4.69, 9.17) is 5.21 Å². The summed E-state index contributed by atoms with van der Waals surface area (Å²) in [6.45, 7) is 0. The summed E-state index contributed by atoms with van der Waals surface area (Å²) in [4.78, 5) is 18.7. The lowest BCUT2D eigenvalue weighted by atomic mass is 10.1. The van der Waals surface area contributed by atoms with Crippen molar-refractivity contribution < 1.29 is 10.0 Å². The third kappa shape index (κ3) is 5.04. The number of amides is 1. The number of carbonyl (C=O) groups is 1. The predicted molar refractivity (Wildman–Crippen MR) is 99.5 cm³/mol. The lowest BCUT2D eigenvalue weighted by Gasteiger charge is -2.00. The Labute approximate surface area is 151 Å². The molecule has 0 saturated heterocycles. The number of aromatic nitrogens is 2. The number of hydrogen-bond donors (Lipinski definition) is 3. The summed E-state index contributed by atoms with van der Waals surface area (Å²) in [6, 6.07) is 17.9.